The van der Waals surface area contributed by atoms with Gasteiger partial charge in [0.1, 0.15) is 12.1 Å². The molecule has 0 amide bonds. The molecule has 1 fully saturated rings. The van der Waals surface area contributed by atoms with Crippen molar-refractivity contribution in [3.05, 3.63) is 0 Å². The van der Waals surface area contributed by atoms with Crippen LogP contribution in [0.3, 0.4) is 0 Å². The van der Waals surface area contributed by atoms with E-state index in [1.54, 1.807) is 13.8 Å². The first kappa shape index (κ1) is 16.0. The van der Waals surface area contributed by atoms with Crippen LogP contribution < -0.4 is 0 Å². The summed E-state index contributed by atoms with van der Waals surface area (Å²) < 4.78 is 10.2. The Hall–Kier alpha value is -1.10. The van der Waals surface area contributed by atoms with Crippen LogP contribution in [0.2, 0.25) is 0 Å². The zero-order chi connectivity index (χ0) is 14.3. The van der Waals surface area contributed by atoms with Gasteiger partial charge in [-0.25, -0.2) is 0 Å². The molecular formula is C14H25NO4. The smallest absolute Gasteiger partial charge is 0.323 e. The summed E-state index contributed by atoms with van der Waals surface area (Å²) in [5.41, 5.74) is 0. The lowest BCUT2D eigenvalue weighted by Crippen LogP contribution is -2.53. The minimum atomic E-state index is -0.338. The molecule has 2 unspecified atom stereocenters. The molecule has 110 valence electrons. The summed E-state index contributed by atoms with van der Waals surface area (Å²) in [6.45, 7) is 7.03. The first-order chi connectivity index (χ1) is 9.15. The number of ether oxygens (including phenoxy) is 2. The summed E-state index contributed by atoms with van der Waals surface area (Å²) in [5, 5.41) is 0. The first-order valence-electron chi connectivity index (χ1n) is 7.24. The molecule has 2 atom stereocenters. The van der Waals surface area contributed by atoms with Gasteiger partial charge in [0.15, 0.2) is 0 Å². The molecule has 1 saturated heterocycles. The monoisotopic (exact) mass is 271 g/mol. The van der Waals surface area contributed by atoms with Gasteiger partial charge in [-0.05, 0) is 39.7 Å². The summed E-state index contributed by atoms with van der Waals surface area (Å²) in [5.74, 6) is -0.453. The highest BCUT2D eigenvalue weighted by atomic mass is 16.5. The standard InChI is InChI=1S/C14H25NO4/c1-4-11(13(16)18-5-2)15-10-8-7-9-12(15)14(17)19-6-3/h11-12H,4-10H2,1-3H3. The van der Waals surface area contributed by atoms with Gasteiger partial charge in [-0.2, -0.15) is 0 Å². The number of rotatable bonds is 6. The molecule has 0 aromatic rings. The Morgan fingerprint density at radius 3 is 2.42 bits per heavy atom. The van der Waals surface area contributed by atoms with Crippen LogP contribution in [-0.2, 0) is 19.1 Å². The summed E-state index contributed by atoms with van der Waals surface area (Å²) >= 11 is 0. The Labute approximate surface area is 115 Å². The molecule has 1 heterocycles. The zero-order valence-corrected chi connectivity index (χ0v) is 12.2. The maximum Gasteiger partial charge on any atom is 0.323 e. The number of carbonyl (C=O) groups excluding carboxylic acids is 2. The van der Waals surface area contributed by atoms with Crippen LogP contribution >= 0.6 is 0 Å². The van der Waals surface area contributed by atoms with Crippen LogP contribution in [0.1, 0.15) is 46.5 Å². The second kappa shape index (κ2) is 8.15. The highest BCUT2D eigenvalue weighted by molar-refractivity contribution is 5.79. The fraction of sp³-hybridized carbons (Fsp3) is 0.857. The van der Waals surface area contributed by atoms with E-state index in [1.165, 1.54) is 0 Å². The van der Waals surface area contributed by atoms with Gasteiger partial charge in [-0.1, -0.05) is 13.3 Å². The third-order valence-corrected chi connectivity index (χ3v) is 3.45. The van der Waals surface area contributed by atoms with E-state index in [0.717, 1.165) is 25.8 Å². The molecule has 0 radical (unpaired) electrons. The van der Waals surface area contributed by atoms with E-state index in [2.05, 4.69) is 0 Å². The first-order valence-corrected chi connectivity index (χ1v) is 7.24. The summed E-state index contributed by atoms with van der Waals surface area (Å²) in [7, 11) is 0. The fourth-order valence-corrected chi connectivity index (χ4v) is 2.59. The predicted molar refractivity (Wildman–Crippen MR) is 71.7 cm³/mol. The van der Waals surface area contributed by atoms with Gasteiger partial charge >= 0.3 is 11.9 Å². The van der Waals surface area contributed by atoms with Crippen LogP contribution in [0.5, 0.6) is 0 Å². The number of carbonyl (C=O) groups is 2. The number of nitrogens with zero attached hydrogens (tertiary/aromatic N) is 1. The van der Waals surface area contributed by atoms with E-state index < -0.39 is 0 Å². The summed E-state index contributed by atoms with van der Waals surface area (Å²) in [4.78, 5) is 25.9. The topological polar surface area (TPSA) is 55.8 Å². The van der Waals surface area contributed by atoms with E-state index in [0.29, 0.717) is 19.6 Å². The summed E-state index contributed by atoms with van der Waals surface area (Å²) in [6, 6.07) is -0.641. The maximum atomic E-state index is 12.0. The average molecular weight is 271 g/mol. The second-order valence-electron chi connectivity index (χ2n) is 4.68. The highest BCUT2D eigenvalue weighted by Gasteiger charge is 2.37. The minimum Gasteiger partial charge on any atom is -0.465 e. The lowest BCUT2D eigenvalue weighted by Gasteiger charge is -2.38. The van der Waals surface area contributed by atoms with Crippen molar-refractivity contribution in [2.45, 2.75) is 58.5 Å². The second-order valence-corrected chi connectivity index (χ2v) is 4.68. The van der Waals surface area contributed by atoms with E-state index in [1.807, 2.05) is 11.8 Å². The lowest BCUT2D eigenvalue weighted by molar-refractivity contribution is -0.159. The van der Waals surface area contributed by atoms with Gasteiger partial charge in [0, 0.05) is 0 Å². The number of piperidine rings is 1. The molecule has 5 heteroatoms. The Balaban J connectivity index is 2.78. The SMILES string of the molecule is CCOC(=O)C(CC)N1CCCCC1C(=O)OCC. The predicted octanol–water partition coefficient (Wildman–Crippen LogP) is 1.75. The van der Waals surface area contributed by atoms with E-state index in [4.69, 9.17) is 9.47 Å². The van der Waals surface area contributed by atoms with Crippen molar-refractivity contribution in [2.75, 3.05) is 19.8 Å². The summed E-state index contributed by atoms with van der Waals surface area (Å²) in [6.07, 6.45) is 3.41. The van der Waals surface area contributed by atoms with E-state index in [-0.39, 0.29) is 24.0 Å². The molecule has 1 aliphatic heterocycles. The van der Waals surface area contributed by atoms with E-state index in [9.17, 15) is 9.59 Å². The van der Waals surface area contributed by atoms with Crippen LogP contribution in [-0.4, -0.2) is 48.7 Å². The maximum absolute atomic E-state index is 12.0. The Morgan fingerprint density at radius 2 is 1.84 bits per heavy atom. The van der Waals surface area contributed by atoms with Gasteiger partial charge in [0.05, 0.1) is 13.2 Å². The average Bonchev–Trinajstić information content (AvgIpc) is 2.41. The fourth-order valence-electron chi connectivity index (χ4n) is 2.59. The highest BCUT2D eigenvalue weighted by Crippen LogP contribution is 2.23. The van der Waals surface area contributed by atoms with Crippen molar-refractivity contribution in [3.63, 3.8) is 0 Å². The van der Waals surface area contributed by atoms with Crippen molar-refractivity contribution in [3.8, 4) is 0 Å². The minimum absolute atomic E-state index is 0.218. The van der Waals surface area contributed by atoms with Gasteiger partial charge in [-0.15, -0.1) is 0 Å². The van der Waals surface area contributed by atoms with Crippen molar-refractivity contribution >= 4 is 11.9 Å². The Morgan fingerprint density at radius 1 is 1.16 bits per heavy atom. The number of likely N-dealkylation sites (tertiary alicyclic amines) is 1. The van der Waals surface area contributed by atoms with Gasteiger partial charge in [0.25, 0.3) is 0 Å². The molecule has 0 aromatic carbocycles. The third-order valence-electron chi connectivity index (χ3n) is 3.45. The Bertz CT molecular complexity index is 286. The van der Waals surface area contributed by atoms with Gasteiger partial charge < -0.3 is 9.47 Å². The molecule has 19 heavy (non-hydrogen) atoms. The molecule has 1 rings (SSSR count). The molecule has 0 bridgehead atoms. The number of hydrogen-bond acceptors (Lipinski definition) is 5. The molecular weight excluding hydrogens is 246 g/mol. The van der Waals surface area contributed by atoms with Crippen molar-refractivity contribution < 1.29 is 19.1 Å². The zero-order valence-electron chi connectivity index (χ0n) is 12.2. The quantitative estimate of drug-likeness (QED) is 0.689. The van der Waals surface area contributed by atoms with Crippen molar-refractivity contribution in [2.24, 2.45) is 0 Å². The normalized spacial score (nSPS) is 21.7. The van der Waals surface area contributed by atoms with Crippen LogP contribution in [0.15, 0.2) is 0 Å². The molecule has 0 spiro atoms. The molecule has 0 N–H and O–H groups in total. The molecule has 0 saturated carbocycles. The van der Waals surface area contributed by atoms with Gasteiger partial charge in [-0.3, -0.25) is 14.5 Å². The molecule has 0 aliphatic carbocycles. The molecule has 0 aromatic heterocycles. The number of esters is 2. The van der Waals surface area contributed by atoms with Gasteiger partial charge in [0.2, 0.25) is 0 Å². The van der Waals surface area contributed by atoms with Crippen LogP contribution in [0.25, 0.3) is 0 Å². The largest absolute Gasteiger partial charge is 0.465 e. The van der Waals surface area contributed by atoms with Crippen LogP contribution in [0.4, 0.5) is 0 Å². The van der Waals surface area contributed by atoms with Crippen molar-refractivity contribution in [1.82, 2.24) is 4.90 Å². The lowest BCUT2D eigenvalue weighted by atomic mass is 9.98. The number of hydrogen-bond donors (Lipinski definition) is 0. The van der Waals surface area contributed by atoms with Crippen LogP contribution in [0, 0.1) is 0 Å². The molecule has 5 nitrogen and oxygen atoms in total. The molecule has 1 aliphatic rings. The third kappa shape index (κ3) is 4.20. The van der Waals surface area contributed by atoms with E-state index >= 15 is 0 Å². The van der Waals surface area contributed by atoms with Crippen molar-refractivity contribution in [1.29, 1.82) is 0 Å². The Kier molecular flexibility index (Phi) is 6.84.